The molecule has 0 bridgehead atoms. The second-order valence-electron chi connectivity index (χ2n) is 6.60. The molecule has 6 nitrogen and oxygen atoms in total. The van der Waals surface area contributed by atoms with Crippen molar-refractivity contribution in [2.24, 2.45) is 11.7 Å². The molecule has 1 rings (SSSR count). The summed E-state index contributed by atoms with van der Waals surface area (Å²) in [6.45, 7) is 5.96. The molecule has 0 spiro atoms. The van der Waals surface area contributed by atoms with Gasteiger partial charge in [0.2, 0.25) is 15.9 Å². The number of rotatable bonds is 6. The van der Waals surface area contributed by atoms with Crippen molar-refractivity contribution >= 4 is 28.3 Å². The Kier molecular flexibility index (Phi) is 8.17. The Morgan fingerprint density at radius 1 is 1.24 bits per heavy atom. The van der Waals surface area contributed by atoms with Crippen LogP contribution in [-0.4, -0.2) is 38.2 Å². The molecule has 0 atom stereocenters. The minimum absolute atomic E-state index is 0. The van der Waals surface area contributed by atoms with E-state index in [4.69, 9.17) is 5.73 Å². The zero-order valence-electron chi connectivity index (χ0n) is 13.0. The van der Waals surface area contributed by atoms with Gasteiger partial charge in [-0.25, -0.2) is 13.1 Å². The molecule has 1 fully saturated rings. The van der Waals surface area contributed by atoms with Gasteiger partial charge in [-0.3, -0.25) is 4.79 Å². The molecule has 1 aliphatic carbocycles. The molecule has 1 saturated carbocycles. The van der Waals surface area contributed by atoms with E-state index in [0.29, 0.717) is 5.92 Å². The van der Waals surface area contributed by atoms with Gasteiger partial charge < -0.3 is 11.1 Å². The maximum absolute atomic E-state index is 11.9. The SMILES string of the molecule is CC1CCC(NS(=O)(=O)CC(=O)NCC(C)(C)N)CC1.Cl. The molecule has 0 radical (unpaired) electrons. The quantitative estimate of drug-likeness (QED) is 0.663. The summed E-state index contributed by atoms with van der Waals surface area (Å²) in [4.78, 5) is 11.6. The summed E-state index contributed by atoms with van der Waals surface area (Å²) >= 11 is 0. The van der Waals surface area contributed by atoms with E-state index in [1.807, 2.05) is 0 Å². The first-order valence-corrected chi connectivity index (χ1v) is 8.78. The first kappa shape index (κ1) is 20.6. The summed E-state index contributed by atoms with van der Waals surface area (Å²) in [5, 5.41) is 2.54. The van der Waals surface area contributed by atoms with Crippen LogP contribution in [0.25, 0.3) is 0 Å². The minimum Gasteiger partial charge on any atom is -0.353 e. The fourth-order valence-electron chi connectivity index (χ4n) is 2.22. The lowest BCUT2D eigenvalue weighted by atomic mass is 9.88. The predicted molar refractivity (Wildman–Crippen MR) is 86.9 cm³/mol. The van der Waals surface area contributed by atoms with Crippen molar-refractivity contribution in [3.8, 4) is 0 Å². The van der Waals surface area contributed by atoms with E-state index in [0.717, 1.165) is 25.7 Å². The van der Waals surface area contributed by atoms with Crippen LogP contribution >= 0.6 is 12.4 Å². The average Bonchev–Trinajstić information content (AvgIpc) is 2.28. The molecular weight excluding hydrogens is 314 g/mol. The van der Waals surface area contributed by atoms with Gasteiger partial charge in [-0.2, -0.15) is 0 Å². The summed E-state index contributed by atoms with van der Waals surface area (Å²) < 4.78 is 26.4. The largest absolute Gasteiger partial charge is 0.353 e. The maximum atomic E-state index is 11.9. The van der Waals surface area contributed by atoms with Crippen LogP contribution in [0, 0.1) is 5.92 Å². The molecule has 1 amide bonds. The number of hydrogen-bond acceptors (Lipinski definition) is 4. The van der Waals surface area contributed by atoms with Gasteiger partial charge >= 0.3 is 0 Å². The van der Waals surface area contributed by atoms with E-state index in [1.54, 1.807) is 13.8 Å². The topological polar surface area (TPSA) is 101 Å². The highest BCUT2D eigenvalue weighted by atomic mass is 35.5. The molecule has 8 heteroatoms. The third-order valence-corrected chi connectivity index (χ3v) is 4.76. The number of nitrogens with one attached hydrogen (secondary N) is 2. The van der Waals surface area contributed by atoms with Crippen LogP contribution in [0.2, 0.25) is 0 Å². The molecule has 0 aromatic carbocycles. The summed E-state index contributed by atoms with van der Waals surface area (Å²) in [6.07, 6.45) is 3.75. The molecule has 0 aliphatic heterocycles. The van der Waals surface area contributed by atoms with Gasteiger partial charge in [0.25, 0.3) is 0 Å². The fourth-order valence-corrected chi connectivity index (χ4v) is 3.50. The van der Waals surface area contributed by atoms with Gasteiger partial charge in [0.05, 0.1) is 0 Å². The van der Waals surface area contributed by atoms with E-state index in [9.17, 15) is 13.2 Å². The van der Waals surface area contributed by atoms with Gasteiger partial charge in [-0.05, 0) is 45.4 Å². The fraction of sp³-hybridized carbons (Fsp3) is 0.923. The van der Waals surface area contributed by atoms with E-state index in [-0.39, 0.29) is 25.0 Å². The van der Waals surface area contributed by atoms with Crippen molar-refractivity contribution in [1.29, 1.82) is 0 Å². The zero-order chi connectivity index (χ0) is 15.4. The first-order valence-electron chi connectivity index (χ1n) is 7.13. The van der Waals surface area contributed by atoms with E-state index < -0.39 is 27.2 Å². The smallest absolute Gasteiger partial charge is 0.236 e. The van der Waals surface area contributed by atoms with Crippen molar-refractivity contribution in [3.05, 3.63) is 0 Å². The molecule has 1 aliphatic rings. The Morgan fingerprint density at radius 3 is 2.24 bits per heavy atom. The summed E-state index contributed by atoms with van der Waals surface area (Å²) in [5.74, 6) is -0.388. The van der Waals surface area contributed by atoms with Crippen LogP contribution in [0.4, 0.5) is 0 Å². The predicted octanol–water partition coefficient (Wildman–Crippen LogP) is 0.760. The third-order valence-electron chi connectivity index (χ3n) is 3.42. The molecular formula is C13H28ClN3O3S. The number of carbonyl (C=O) groups excluding carboxylic acids is 1. The van der Waals surface area contributed by atoms with Crippen molar-refractivity contribution in [1.82, 2.24) is 10.0 Å². The Balaban J connectivity index is 0.00000400. The van der Waals surface area contributed by atoms with Crippen LogP contribution in [0.3, 0.4) is 0 Å². The number of nitrogens with two attached hydrogens (primary N) is 1. The lowest BCUT2D eigenvalue weighted by Crippen LogP contribution is -2.48. The van der Waals surface area contributed by atoms with Crippen LogP contribution in [0.15, 0.2) is 0 Å². The van der Waals surface area contributed by atoms with Crippen molar-refractivity contribution in [3.63, 3.8) is 0 Å². The van der Waals surface area contributed by atoms with Gasteiger partial charge in [-0.15, -0.1) is 12.4 Å². The second kappa shape index (κ2) is 8.31. The molecule has 0 heterocycles. The summed E-state index contributed by atoms with van der Waals surface area (Å²) in [7, 11) is -3.57. The van der Waals surface area contributed by atoms with E-state index in [2.05, 4.69) is 17.0 Å². The molecule has 0 saturated heterocycles. The van der Waals surface area contributed by atoms with Crippen LogP contribution in [-0.2, 0) is 14.8 Å². The highest BCUT2D eigenvalue weighted by molar-refractivity contribution is 7.90. The Morgan fingerprint density at radius 2 is 1.76 bits per heavy atom. The van der Waals surface area contributed by atoms with Gasteiger partial charge in [-0.1, -0.05) is 6.92 Å². The molecule has 0 unspecified atom stereocenters. The maximum Gasteiger partial charge on any atom is 0.236 e. The number of amides is 1. The van der Waals surface area contributed by atoms with E-state index >= 15 is 0 Å². The van der Waals surface area contributed by atoms with Crippen LogP contribution in [0.5, 0.6) is 0 Å². The number of carbonyl (C=O) groups is 1. The molecule has 4 N–H and O–H groups in total. The van der Waals surface area contributed by atoms with Crippen molar-refractivity contribution in [2.45, 2.75) is 58.0 Å². The average molecular weight is 342 g/mol. The van der Waals surface area contributed by atoms with Crippen molar-refractivity contribution < 1.29 is 13.2 Å². The lowest BCUT2D eigenvalue weighted by Gasteiger charge is -2.26. The van der Waals surface area contributed by atoms with Gasteiger partial charge in [0, 0.05) is 18.1 Å². The van der Waals surface area contributed by atoms with Crippen molar-refractivity contribution in [2.75, 3.05) is 12.3 Å². The highest BCUT2D eigenvalue weighted by Crippen LogP contribution is 2.23. The van der Waals surface area contributed by atoms with E-state index in [1.165, 1.54) is 0 Å². The van der Waals surface area contributed by atoms with Crippen LogP contribution < -0.4 is 15.8 Å². The summed E-state index contributed by atoms with van der Waals surface area (Å²) in [6, 6.07) is -0.0325. The first-order chi connectivity index (χ1) is 9.07. The molecule has 21 heavy (non-hydrogen) atoms. The second-order valence-corrected chi connectivity index (χ2v) is 8.35. The Labute approximate surface area is 134 Å². The minimum atomic E-state index is -3.57. The van der Waals surface area contributed by atoms with Crippen LogP contribution in [0.1, 0.15) is 46.5 Å². The molecule has 0 aromatic heterocycles. The number of hydrogen-bond donors (Lipinski definition) is 3. The monoisotopic (exact) mass is 341 g/mol. The highest BCUT2D eigenvalue weighted by Gasteiger charge is 2.25. The molecule has 0 aromatic rings. The van der Waals surface area contributed by atoms with Gasteiger partial charge in [0.1, 0.15) is 5.75 Å². The Bertz CT molecular complexity index is 426. The number of halogens is 1. The lowest BCUT2D eigenvalue weighted by molar-refractivity contribution is -0.118. The summed E-state index contributed by atoms with van der Waals surface area (Å²) in [5.41, 5.74) is 5.18. The number of sulfonamides is 1. The normalized spacial score (nSPS) is 23.2. The molecule has 126 valence electrons. The standard InChI is InChI=1S/C13H27N3O3S.ClH/c1-10-4-6-11(7-5-10)16-20(18,19)8-12(17)15-9-13(2,3)14;/h10-11,16H,4-9,14H2,1-3H3,(H,15,17);1H. The van der Waals surface area contributed by atoms with Gasteiger partial charge in [0.15, 0.2) is 0 Å². The zero-order valence-corrected chi connectivity index (χ0v) is 14.6. The third kappa shape index (κ3) is 9.29. The Hall–Kier alpha value is -0.370.